The second kappa shape index (κ2) is 9.13. The van der Waals surface area contributed by atoms with Gasteiger partial charge in [0.25, 0.3) is 0 Å². The summed E-state index contributed by atoms with van der Waals surface area (Å²) in [5, 5.41) is 0.459. The van der Waals surface area contributed by atoms with E-state index in [1.807, 2.05) is 30.7 Å². The third-order valence-corrected chi connectivity index (χ3v) is 8.96. The molecule has 10 heteroatoms. The number of aliphatic imine (C=N–C) groups is 1. The molecule has 2 aromatic rings. The Morgan fingerprint density at radius 2 is 2.00 bits per heavy atom. The maximum Gasteiger partial charge on any atom is 0.206 e. The summed E-state index contributed by atoms with van der Waals surface area (Å²) in [6.07, 6.45) is 11.8. The molecule has 2 aliphatic heterocycles. The summed E-state index contributed by atoms with van der Waals surface area (Å²) >= 11 is 7.91. The monoisotopic (exact) mass is 496 g/mol. The van der Waals surface area contributed by atoms with Crippen LogP contribution in [0.4, 0.5) is 5.82 Å². The molecule has 0 aromatic carbocycles. The standard InChI is InChI=1S/C24H29ClN8S/c1-15-19(34-18-4-9-30-22(28)20(18)25)14-31-23(33(15)12-7-26)32-10-5-24(6-11-32)13-17-16(21(24)27)3-2-8-29-17/h2-4,7-9,12,14-15,21H,5-6,10-11,13,26-27H2,1H3,(H2,28,30)/b12-7-/t15?,21-/m1/s1. The van der Waals surface area contributed by atoms with Gasteiger partial charge in [0, 0.05) is 65.6 Å². The fourth-order valence-electron chi connectivity index (χ4n) is 5.19. The molecule has 2 atom stereocenters. The SMILES string of the molecule is CC1C(Sc2ccnc(N)c2Cl)=CN=C(N2CCC3(CC2)Cc2ncccc2[C@H]3N)N1/C=C\N. The van der Waals surface area contributed by atoms with E-state index in [2.05, 4.69) is 32.8 Å². The van der Waals surface area contributed by atoms with Gasteiger partial charge in [0.15, 0.2) is 0 Å². The van der Waals surface area contributed by atoms with Gasteiger partial charge >= 0.3 is 0 Å². The number of halogens is 1. The molecule has 1 spiro atoms. The first-order valence-corrected chi connectivity index (χ1v) is 12.6. The Labute approximate surface area is 209 Å². The molecule has 2 aromatic heterocycles. The van der Waals surface area contributed by atoms with Gasteiger partial charge in [0.2, 0.25) is 5.96 Å². The highest BCUT2D eigenvalue weighted by Gasteiger charge is 2.47. The van der Waals surface area contributed by atoms with Crippen LogP contribution >= 0.6 is 23.4 Å². The van der Waals surface area contributed by atoms with Crippen molar-refractivity contribution in [3.05, 3.63) is 70.4 Å². The lowest BCUT2D eigenvalue weighted by atomic mass is 9.73. The molecule has 6 N–H and O–H groups in total. The van der Waals surface area contributed by atoms with E-state index in [0.29, 0.717) is 10.8 Å². The molecule has 1 aliphatic carbocycles. The van der Waals surface area contributed by atoms with Gasteiger partial charge in [-0.15, -0.1) is 0 Å². The van der Waals surface area contributed by atoms with E-state index in [4.69, 9.17) is 33.8 Å². The van der Waals surface area contributed by atoms with Crippen LogP contribution in [-0.4, -0.2) is 44.9 Å². The van der Waals surface area contributed by atoms with E-state index in [0.717, 1.165) is 53.8 Å². The molecule has 0 amide bonds. The largest absolute Gasteiger partial charge is 0.403 e. The summed E-state index contributed by atoms with van der Waals surface area (Å²) < 4.78 is 0. The lowest BCUT2D eigenvalue weighted by Gasteiger charge is -2.46. The van der Waals surface area contributed by atoms with E-state index in [-0.39, 0.29) is 17.5 Å². The summed E-state index contributed by atoms with van der Waals surface area (Å²) in [6.45, 7) is 3.89. The van der Waals surface area contributed by atoms with Gasteiger partial charge in [0.05, 0.1) is 11.1 Å². The number of nitrogens with two attached hydrogens (primary N) is 3. The van der Waals surface area contributed by atoms with Crippen LogP contribution in [0.1, 0.15) is 37.1 Å². The Morgan fingerprint density at radius 1 is 1.21 bits per heavy atom. The first kappa shape index (κ1) is 23.0. The Hall–Kier alpha value is -2.75. The van der Waals surface area contributed by atoms with Gasteiger partial charge in [-0.2, -0.15) is 0 Å². The molecule has 1 saturated heterocycles. The van der Waals surface area contributed by atoms with Crippen LogP contribution < -0.4 is 17.2 Å². The molecule has 178 valence electrons. The number of piperidine rings is 1. The van der Waals surface area contributed by atoms with E-state index in [9.17, 15) is 0 Å². The molecule has 34 heavy (non-hydrogen) atoms. The maximum absolute atomic E-state index is 6.73. The van der Waals surface area contributed by atoms with Crippen LogP contribution in [-0.2, 0) is 6.42 Å². The zero-order chi connectivity index (χ0) is 23.9. The number of hydrogen-bond donors (Lipinski definition) is 3. The highest BCUT2D eigenvalue weighted by molar-refractivity contribution is 8.03. The number of fused-ring (bicyclic) bond motifs is 1. The van der Waals surface area contributed by atoms with E-state index in [1.165, 1.54) is 5.56 Å². The Kier molecular flexibility index (Phi) is 6.18. The van der Waals surface area contributed by atoms with E-state index >= 15 is 0 Å². The lowest BCUT2D eigenvalue weighted by molar-refractivity contribution is 0.120. The van der Waals surface area contributed by atoms with Crippen molar-refractivity contribution in [3.63, 3.8) is 0 Å². The minimum atomic E-state index is 0.0286. The molecule has 0 radical (unpaired) electrons. The Bertz CT molecular complexity index is 1170. The van der Waals surface area contributed by atoms with E-state index < -0.39 is 0 Å². The summed E-state index contributed by atoms with van der Waals surface area (Å²) in [6, 6.07) is 6.03. The van der Waals surface area contributed by atoms with Crippen molar-refractivity contribution in [3.8, 4) is 0 Å². The molecular formula is C24H29ClN8S. The number of likely N-dealkylation sites (tertiary alicyclic amines) is 1. The molecule has 0 saturated carbocycles. The molecule has 0 bridgehead atoms. The highest BCUT2D eigenvalue weighted by atomic mass is 35.5. The number of thioether (sulfide) groups is 1. The van der Waals surface area contributed by atoms with Gasteiger partial charge in [-0.25, -0.2) is 9.98 Å². The molecule has 5 rings (SSSR count). The number of pyridine rings is 2. The summed E-state index contributed by atoms with van der Waals surface area (Å²) in [7, 11) is 0. The quantitative estimate of drug-likeness (QED) is 0.590. The predicted molar refractivity (Wildman–Crippen MR) is 138 cm³/mol. The first-order valence-electron chi connectivity index (χ1n) is 11.4. The second-order valence-electron chi connectivity index (χ2n) is 9.04. The zero-order valence-corrected chi connectivity index (χ0v) is 20.6. The van der Waals surface area contributed by atoms with Crippen molar-refractivity contribution < 1.29 is 0 Å². The number of hydrogen-bond acceptors (Lipinski definition) is 9. The summed E-state index contributed by atoms with van der Waals surface area (Å²) in [5.74, 6) is 1.22. The van der Waals surface area contributed by atoms with Crippen LogP contribution in [0, 0.1) is 5.41 Å². The number of anilines is 1. The van der Waals surface area contributed by atoms with Crippen molar-refractivity contribution in [2.24, 2.45) is 21.9 Å². The van der Waals surface area contributed by atoms with Crippen molar-refractivity contribution in [1.82, 2.24) is 19.8 Å². The average molecular weight is 497 g/mol. The molecular weight excluding hydrogens is 468 g/mol. The first-order chi connectivity index (χ1) is 16.4. The van der Waals surface area contributed by atoms with Crippen LogP contribution in [0.5, 0.6) is 0 Å². The maximum atomic E-state index is 6.73. The molecule has 4 heterocycles. The minimum absolute atomic E-state index is 0.0286. The van der Waals surface area contributed by atoms with Crippen LogP contribution in [0.3, 0.4) is 0 Å². The number of nitrogens with zero attached hydrogens (tertiary/aromatic N) is 5. The molecule has 8 nitrogen and oxygen atoms in total. The van der Waals surface area contributed by atoms with Gasteiger partial charge in [-0.1, -0.05) is 29.4 Å². The number of guanidine groups is 1. The fraction of sp³-hybridized carbons (Fsp3) is 0.375. The van der Waals surface area contributed by atoms with Crippen molar-refractivity contribution in [2.75, 3.05) is 18.8 Å². The van der Waals surface area contributed by atoms with Crippen molar-refractivity contribution >= 4 is 35.1 Å². The van der Waals surface area contributed by atoms with E-state index in [1.54, 1.807) is 24.2 Å². The van der Waals surface area contributed by atoms with Crippen molar-refractivity contribution in [1.29, 1.82) is 0 Å². The Balaban J connectivity index is 1.35. The Morgan fingerprint density at radius 3 is 2.74 bits per heavy atom. The smallest absolute Gasteiger partial charge is 0.206 e. The molecule has 3 aliphatic rings. The van der Waals surface area contributed by atoms with Gasteiger partial charge in [0.1, 0.15) is 5.82 Å². The summed E-state index contributed by atoms with van der Waals surface area (Å²) in [4.78, 5) is 19.8. The third-order valence-electron chi connectivity index (χ3n) is 7.20. The minimum Gasteiger partial charge on any atom is -0.403 e. The average Bonchev–Trinajstić information content (AvgIpc) is 3.11. The third kappa shape index (κ3) is 3.91. The fourth-order valence-corrected chi connectivity index (χ4v) is 6.39. The number of rotatable bonds is 3. The van der Waals surface area contributed by atoms with Crippen LogP contribution in [0.15, 0.2) is 64.0 Å². The highest BCUT2D eigenvalue weighted by Crippen LogP contribution is 2.50. The molecule has 1 fully saturated rings. The molecule has 1 unspecified atom stereocenters. The van der Waals surface area contributed by atoms with Crippen LogP contribution in [0.25, 0.3) is 0 Å². The topological polar surface area (TPSA) is 123 Å². The lowest BCUT2D eigenvalue weighted by Crippen LogP contribution is -2.52. The second-order valence-corrected chi connectivity index (χ2v) is 10.5. The van der Waals surface area contributed by atoms with Crippen LogP contribution in [0.2, 0.25) is 5.02 Å². The normalized spacial score (nSPS) is 23.9. The van der Waals surface area contributed by atoms with Crippen molar-refractivity contribution in [2.45, 2.75) is 43.2 Å². The summed E-state index contributed by atoms with van der Waals surface area (Å²) in [5.41, 5.74) is 20.9. The number of aromatic nitrogens is 2. The predicted octanol–water partition coefficient (Wildman–Crippen LogP) is 3.47. The van der Waals surface area contributed by atoms with Gasteiger partial charge in [-0.3, -0.25) is 4.98 Å². The van der Waals surface area contributed by atoms with Gasteiger partial charge in [-0.05, 0) is 49.3 Å². The number of nitrogen functional groups attached to an aromatic ring is 1. The zero-order valence-electron chi connectivity index (χ0n) is 19.1. The van der Waals surface area contributed by atoms with Gasteiger partial charge < -0.3 is 27.0 Å².